The topological polar surface area (TPSA) is 122 Å². The van der Waals surface area contributed by atoms with E-state index in [-0.39, 0.29) is 31.2 Å². The van der Waals surface area contributed by atoms with Gasteiger partial charge in [-0.25, -0.2) is 18.0 Å². The summed E-state index contributed by atoms with van der Waals surface area (Å²) in [6, 6.07) is 1.40. The van der Waals surface area contributed by atoms with Gasteiger partial charge in [-0.2, -0.15) is 8.78 Å². The summed E-state index contributed by atoms with van der Waals surface area (Å²) in [5.74, 6) is -6.16. The molecule has 0 saturated heterocycles. The molecule has 2 rings (SSSR count). The fraction of sp³-hybridized carbons (Fsp3) is 0.588. The standard InChI is InChI=1S/C17H17F5N2O7/c18-10-3-1-2-9(4-5-10)12-6-11(23(26)27)7-13(24(28)29)14(12)31-16(25)30-8-17(21,22)15(19)20/h6-7,9-10,15H,1-5,8H2. The Morgan fingerprint density at radius 1 is 1.13 bits per heavy atom. The molecule has 1 fully saturated rings. The van der Waals surface area contributed by atoms with Gasteiger partial charge in [-0.1, -0.05) is 0 Å². The summed E-state index contributed by atoms with van der Waals surface area (Å²) in [7, 11) is 0. The second-order valence-corrected chi connectivity index (χ2v) is 6.90. The number of nitrogens with zero attached hydrogens (tertiary/aromatic N) is 2. The van der Waals surface area contributed by atoms with E-state index in [0.29, 0.717) is 12.5 Å². The predicted octanol–water partition coefficient (Wildman–Crippen LogP) is 5.30. The van der Waals surface area contributed by atoms with Crippen molar-refractivity contribution in [3.05, 3.63) is 37.9 Å². The molecule has 2 unspecified atom stereocenters. The summed E-state index contributed by atoms with van der Waals surface area (Å²) in [4.78, 5) is 32.4. The Hall–Kier alpha value is -3.06. The number of carbonyl (C=O) groups excluding carboxylic acids is 1. The quantitative estimate of drug-likeness (QED) is 0.136. The fourth-order valence-corrected chi connectivity index (χ4v) is 3.17. The Morgan fingerprint density at radius 3 is 2.39 bits per heavy atom. The maximum atomic E-state index is 13.7. The van der Waals surface area contributed by atoms with E-state index in [4.69, 9.17) is 0 Å². The molecular formula is C17H17F5N2O7. The van der Waals surface area contributed by atoms with E-state index >= 15 is 0 Å². The van der Waals surface area contributed by atoms with Crippen LogP contribution in [-0.4, -0.2) is 41.1 Å². The highest BCUT2D eigenvalue weighted by Gasteiger charge is 2.43. The van der Waals surface area contributed by atoms with Crippen molar-refractivity contribution >= 4 is 17.5 Å². The van der Waals surface area contributed by atoms with Gasteiger partial charge in [0, 0.05) is 11.6 Å². The van der Waals surface area contributed by atoms with Crippen LogP contribution in [0.25, 0.3) is 0 Å². The zero-order valence-corrected chi connectivity index (χ0v) is 15.8. The molecule has 9 nitrogen and oxygen atoms in total. The minimum atomic E-state index is -4.68. The van der Waals surface area contributed by atoms with Crippen molar-refractivity contribution in [3.8, 4) is 5.75 Å². The molecule has 1 saturated carbocycles. The average Bonchev–Trinajstić information content (AvgIpc) is 2.90. The number of nitro groups is 2. The van der Waals surface area contributed by atoms with Gasteiger partial charge in [-0.05, 0) is 38.0 Å². The molecule has 0 N–H and O–H groups in total. The Balaban J connectivity index is 2.42. The monoisotopic (exact) mass is 456 g/mol. The van der Waals surface area contributed by atoms with E-state index in [0.717, 1.165) is 6.07 Å². The molecule has 1 aliphatic carbocycles. The van der Waals surface area contributed by atoms with Crippen LogP contribution >= 0.6 is 0 Å². The largest absolute Gasteiger partial charge is 0.514 e. The molecule has 0 amide bonds. The van der Waals surface area contributed by atoms with E-state index in [1.807, 2.05) is 0 Å². The van der Waals surface area contributed by atoms with Gasteiger partial charge < -0.3 is 9.47 Å². The Bertz CT molecular complexity index is 852. The first-order chi connectivity index (χ1) is 14.4. The molecule has 0 aromatic heterocycles. The van der Waals surface area contributed by atoms with E-state index in [2.05, 4.69) is 9.47 Å². The summed E-state index contributed by atoms with van der Waals surface area (Å²) < 4.78 is 72.6. The minimum absolute atomic E-state index is 0.0473. The molecule has 31 heavy (non-hydrogen) atoms. The molecule has 1 aromatic rings. The van der Waals surface area contributed by atoms with Crippen LogP contribution in [0, 0.1) is 20.2 Å². The number of hydrogen-bond acceptors (Lipinski definition) is 7. The SMILES string of the molecule is O=C(OCC(F)(F)C(F)F)Oc1c(C2CCCC(F)CC2)cc([N+](=O)[O-])cc1[N+](=O)[O-]. The number of halogens is 5. The molecule has 0 radical (unpaired) electrons. The molecule has 2 atom stereocenters. The first-order valence-corrected chi connectivity index (χ1v) is 9.03. The lowest BCUT2D eigenvalue weighted by atomic mass is 9.90. The molecular weight excluding hydrogens is 439 g/mol. The molecule has 1 aromatic carbocycles. The van der Waals surface area contributed by atoms with Crippen LogP contribution < -0.4 is 4.74 Å². The van der Waals surface area contributed by atoms with Crippen LogP contribution in [0.15, 0.2) is 12.1 Å². The fourth-order valence-electron chi connectivity index (χ4n) is 3.17. The highest BCUT2D eigenvalue weighted by Crippen LogP contribution is 2.44. The van der Waals surface area contributed by atoms with Gasteiger partial charge in [0.15, 0.2) is 6.61 Å². The van der Waals surface area contributed by atoms with Crippen molar-refractivity contribution in [3.63, 3.8) is 0 Å². The van der Waals surface area contributed by atoms with Crippen molar-refractivity contribution in [2.75, 3.05) is 6.61 Å². The van der Waals surface area contributed by atoms with Gasteiger partial charge in [0.25, 0.3) is 5.69 Å². The maximum absolute atomic E-state index is 13.7. The first kappa shape index (κ1) is 24.2. The highest BCUT2D eigenvalue weighted by atomic mass is 19.3. The smallest absolute Gasteiger partial charge is 0.427 e. The second kappa shape index (κ2) is 9.83. The molecule has 0 aliphatic heterocycles. The number of non-ortho nitro benzene ring substituents is 1. The Morgan fingerprint density at radius 2 is 1.81 bits per heavy atom. The normalized spacial score (nSPS) is 19.5. The number of benzene rings is 1. The summed E-state index contributed by atoms with van der Waals surface area (Å²) >= 11 is 0. The van der Waals surface area contributed by atoms with Crippen LogP contribution in [0.4, 0.5) is 38.1 Å². The van der Waals surface area contributed by atoms with Crippen LogP contribution in [0.2, 0.25) is 0 Å². The van der Waals surface area contributed by atoms with Crippen molar-refractivity contribution in [2.45, 2.75) is 56.5 Å². The van der Waals surface area contributed by atoms with Crippen molar-refractivity contribution in [2.24, 2.45) is 0 Å². The van der Waals surface area contributed by atoms with Gasteiger partial charge in [0.1, 0.15) is 6.17 Å². The van der Waals surface area contributed by atoms with Crippen molar-refractivity contribution in [1.29, 1.82) is 0 Å². The van der Waals surface area contributed by atoms with Crippen LogP contribution in [0.5, 0.6) is 5.75 Å². The lowest BCUT2D eigenvalue weighted by Crippen LogP contribution is -2.34. The van der Waals surface area contributed by atoms with Gasteiger partial charge >= 0.3 is 24.2 Å². The molecule has 0 bridgehead atoms. The second-order valence-electron chi connectivity index (χ2n) is 6.90. The van der Waals surface area contributed by atoms with Crippen LogP contribution in [0.3, 0.4) is 0 Å². The summed E-state index contributed by atoms with van der Waals surface area (Å²) in [5, 5.41) is 22.6. The van der Waals surface area contributed by atoms with Gasteiger partial charge in [-0.3, -0.25) is 20.2 Å². The molecule has 14 heteroatoms. The lowest BCUT2D eigenvalue weighted by Gasteiger charge is -2.19. The van der Waals surface area contributed by atoms with Crippen molar-refractivity contribution in [1.82, 2.24) is 0 Å². The number of hydrogen-bond donors (Lipinski definition) is 0. The first-order valence-electron chi connectivity index (χ1n) is 9.03. The number of nitro benzene ring substituents is 2. The highest BCUT2D eigenvalue weighted by molar-refractivity contribution is 5.70. The Labute approximate surface area is 171 Å². The Kier molecular flexibility index (Phi) is 7.68. The molecule has 0 spiro atoms. The predicted molar refractivity (Wildman–Crippen MR) is 93.4 cm³/mol. The summed E-state index contributed by atoms with van der Waals surface area (Å²) in [5.41, 5.74) is -1.90. The lowest BCUT2D eigenvalue weighted by molar-refractivity contribution is -0.394. The zero-order chi connectivity index (χ0) is 23.3. The summed E-state index contributed by atoms with van der Waals surface area (Å²) in [6.07, 6.45) is -6.25. The van der Waals surface area contributed by atoms with Crippen molar-refractivity contribution < 1.29 is 46.1 Å². The third-order valence-corrected chi connectivity index (χ3v) is 4.72. The van der Waals surface area contributed by atoms with Crippen LogP contribution in [0.1, 0.15) is 43.6 Å². The number of rotatable bonds is 7. The van der Waals surface area contributed by atoms with Gasteiger partial charge in [0.05, 0.1) is 15.9 Å². The van der Waals surface area contributed by atoms with Crippen LogP contribution in [-0.2, 0) is 4.74 Å². The molecule has 172 valence electrons. The molecule has 1 aliphatic rings. The van der Waals surface area contributed by atoms with E-state index < -0.39 is 64.2 Å². The number of ether oxygens (including phenoxy) is 2. The van der Waals surface area contributed by atoms with E-state index in [1.165, 1.54) is 0 Å². The maximum Gasteiger partial charge on any atom is 0.514 e. The van der Waals surface area contributed by atoms with Gasteiger partial charge in [-0.15, -0.1) is 0 Å². The van der Waals surface area contributed by atoms with E-state index in [1.54, 1.807) is 0 Å². The number of alkyl halides is 5. The van der Waals surface area contributed by atoms with Gasteiger partial charge in [0.2, 0.25) is 5.75 Å². The van der Waals surface area contributed by atoms with E-state index in [9.17, 15) is 47.0 Å². The number of carbonyl (C=O) groups is 1. The molecule has 0 heterocycles. The summed E-state index contributed by atoms with van der Waals surface area (Å²) in [6.45, 7) is -2.05. The third kappa shape index (κ3) is 6.21. The minimum Gasteiger partial charge on any atom is -0.427 e. The average molecular weight is 456 g/mol. The third-order valence-electron chi connectivity index (χ3n) is 4.72. The zero-order valence-electron chi connectivity index (χ0n) is 15.8.